The highest BCUT2D eigenvalue weighted by Crippen LogP contribution is 2.28. The van der Waals surface area contributed by atoms with Gasteiger partial charge in [0.15, 0.2) is 0 Å². The quantitative estimate of drug-likeness (QED) is 0.759. The molecule has 2 rings (SSSR count). The maximum Gasteiger partial charge on any atom is 0.318 e. The van der Waals surface area contributed by atoms with Crippen LogP contribution in [-0.4, -0.2) is 52.3 Å². The molecule has 6 nitrogen and oxygen atoms in total. The van der Waals surface area contributed by atoms with E-state index in [1.807, 2.05) is 27.7 Å². The molecule has 0 saturated carbocycles. The van der Waals surface area contributed by atoms with Crippen molar-refractivity contribution in [2.24, 2.45) is 5.92 Å². The summed E-state index contributed by atoms with van der Waals surface area (Å²) in [5.41, 5.74) is -0.789. The van der Waals surface area contributed by atoms with Crippen molar-refractivity contribution in [1.82, 2.24) is 10.2 Å². The van der Waals surface area contributed by atoms with Crippen LogP contribution in [0.2, 0.25) is 0 Å². The first-order valence-electron chi connectivity index (χ1n) is 7.25. The van der Waals surface area contributed by atoms with Crippen molar-refractivity contribution >= 4 is 12.0 Å². The van der Waals surface area contributed by atoms with Crippen LogP contribution in [-0.2, 0) is 9.53 Å². The van der Waals surface area contributed by atoms with Gasteiger partial charge in [-0.3, -0.25) is 4.79 Å². The Kier molecular flexibility index (Phi) is 4.02. The number of aliphatic carboxylic acids is 1. The summed E-state index contributed by atoms with van der Waals surface area (Å²) in [7, 11) is 0. The third kappa shape index (κ3) is 3.97. The zero-order chi connectivity index (χ0) is 15.8. The summed E-state index contributed by atoms with van der Waals surface area (Å²) in [5, 5.41) is 11.9. The highest BCUT2D eigenvalue weighted by atomic mass is 16.5. The van der Waals surface area contributed by atoms with Gasteiger partial charge in [0.25, 0.3) is 0 Å². The van der Waals surface area contributed by atoms with Crippen LogP contribution in [0.4, 0.5) is 4.79 Å². The van der Waals surface area contributed by atoms with Crippen LogP contribution >= 0.6 is 0 Å². The number of morpholine rings is 1. The van der Waals surface area contributed by atoms with Gasteiger partial charge in [0.05, 0.1) is 36.3 Å². The second kappa shape index (κ2) is 5.33. The largest absolute Gasteiger partial charge is 0.481 e. The minimum Gasteiger partial charge on any atom is -0.481 e. The van der Waals surface area contributed by atoms with Gasteiger partial charge in [-0.1, -0.05) is 12.2 Å². The Morgan fingerprint density at radius 2 is 1.76 bits per heavy atom. The Morgan fingerprint density at radius 3 is 2.24 bits per heavy atom. The predicted molar refractivity (Wildman–Crippen MR) is 78.0 cm³/mol. The molecule has 2 N–H and O–H groups in total. The van der Waals surface area contributed by atoms with Gasteiger partial charge in [-0.05, 0) is 34.1 Å². The van der Waals surface area contributed by atoms with Crippen LogP contribution in [0.5, 0.6) is 0 Å². The number of hydrogen-bond donors (Lipinski definition) is 2. The molecule has 21 heavy (non-hydrogen) atoms. The Morgan fingerprint density at radius 1 is 1.19 bits per heavy atom. The maximum absolute atomic E-state index is 12.4. The number of urea groups is 1. The zero-order valence-corrected chi connectivity index (χ0v) is 13.0. The van der Waals surface area contributed by atoms with Crippen molar-refractivity contribution in [3.63, 3.8) is 0 Å². The molecule has 2 aliphatic rings. The van der Waals surface area contributed by atoms with E-state index >= 15 is 0 Å². The lowest BCUT2D eigenvalue weighted by molar-refractivity contribution is -0.170. The average Bonchev–Trinajstić information content (AvgIpc) is 2.73. The summed E-state index contributed by atoms with van der Waals surface area (Å²) < 4.78 is 5.95. The van der Waals surface area contributed by atoms with Crippen LogP contribution < -0.4 is 5.32 Å². The number of nitrogens with one attached hydrogen (secondary N) is 1. The van der Waals surface area contributed by atoms with Crippen LogP contribution in [0.15, 0.2) is 12.2 Å². The van der Waals surface area contributed by atoms with Gasteiger partial charge >= 0.3 is 12.0 Å². The second-order valence-electron chi connectivity index (χ2n) is 7.10. The summed E-state index contributed by atoms with van der Waals surface area (Å²) >= 11 is 0. The number of hydrogen-bond acceptors (Lipinski definition) is 3. The SMILES string of the molecule is CC1(C)CN(C(=O)NC2C=CC(C(=O)O)C2)CC(C)(C)O1. The predicted octanol–water partition coefficient (Wildman–Crippen LogP) is 1.61. The Bertz CT molecular complexity index is 454. The monoisotopic (exact) mass is 296 g/mol. The Balaban J connectivity index is 1.95. The molecule has 0 aromatic carbocycles. The molecule has 0 aromatic rings. The number of nitrogens with zero attached hydrogens (tertiary/aromatic N) is 1. The summed E-state index contributed by atoms with van der Waals surface area (Å²) in [6.45, 7) is 8.88. The highest BCUT2D eigenvalue weighted by Gasteiger charge is 2.40. The van der Waals surface area contributed by atoms with Crippen molar-refractivity contribution in [3.05, 3.63) is 12.2 Å². The van der Waals surface area contributed by atoms with Crippen LogP contribution in [0.25, 0.3) is 0 Å². The zero-order valence-electron chi connectivity index (χ0n) is 13.0. The van der Waals surface area contributed by atoms with Gasteiger partial charge in [-0.25, -0.2) is 4.79 Å². The average molecular weight is 296 g/mol. The number of rotatable bonds is 2. The van der Waals surface area contributed by atoms with Gasteiger partial charge in [0.1, 0.15) is 0 Å². The molecule has 0 bridgehead atoms. The van der Waals surface area contributed by atoms with E-state index in [1.54, 1.807) is 17.1 Å². The number of carbonyl (C=O) groups is 2. The molecule has 0 aromatic heterocycles. The lowest BCUT2D eigenvalue weighted by atomic mass is 9.99. The molecule has 118 valence electrons. The molecule has 1 aliphatic carbocycles. The first kappa shape index (κ1) is 15.8. The number of amides is 2. The molecule has 2 amide bonds. The molecule has 0 spiro atoms. The third-order valence-electron chi connectivity index (χ3n) is 3.69. The molecular weight excluding hydrogens is 272 g/mol. The first-order valence-corrected chi connectivity index (χ1v) is 7.25. The Hall–Kier alpha value is -1.56. The van der Waals surface area contributed by atoms with Crippen LogP contribution in [0, 0.1) is 5.92 Å². The molecule has 2 unspecified atom stereocenters. The van der Waals surface area contributed by atoms with E-state index < -0.39 is 23.1 Å². The van der Waals surface area contributed by atoms with Crippen molar-refractivity contribution in [3.8, 4) is 0 Å². The molecule has 6 heteroatoms. The van der Waals surface area contributed by atoms with Gasteiger partial charge in [-0.2, -0.15) is 0 Å². The summed E-state index contributed by atoms with van der Waals surface area (Å²) in [6.07, 6.45) is 3.81. The topological polar surface area (TPSA) is 78.9 Å². The van der Waals surface area contributed by atoms with E-state index in [0.717, 1.165) is 0 Å². The molecule has 1 saturated heterocycles. The van der Waals surface area contributed by atoms with Gasteiger partial charge in [0.2, 0.25) is 0 Å². The fourth-order valence-electron chi connectivity index (χ4n) is 3.17. The molecule has 0 radical (unpaired) electrons. The van der Waals surface area contributed by atoms with Gasteiger partial charge < -0.3 is 20.1 Å². The third-order valence-corrected chi connectivity index (χ3v) is 3.69. The molecule has 1 fully saturated rings. The van der Waals surface area contributed by atoms with Gasteiger partial charge in [0, 0.05) is 0 Å². The fourth-order valence-corrected chi connectivity index (χ4v) is 3.17. The highest BCUT2D eigenvalue weighted by molar-refractivity contribution is 5.76. The van der Waals surface area contributed by atoms with Crippen molar-refractivity contribution in [1.29, 1.82) is 0 Å². The number of carboxylic acids is 1. The van der Waals surface area contributed by atoms with Crippen LogP contribution in [0.3, 0.4) is 0 Å². The maximum atomic E-state index is 12.4. The summed E-state index contributed by atoms with van der Waals surface area (Å²) in [5.74, 6) is -1.36. The minimum atomic E-state index is -0.850. The number of carboxylic acid groups (broad SMARTS) is 1. The van der Waals surface area contributed by atoms with E-state index in [4.69, 9.17) is 9.84 Å². The van der Waals surface area contributed by atoms with Crippen LogP contribution in [0.1, 0.15) is 34.1 Å². The fraction of sp³-hybridized carbons (Fsp3) is 0.733. The van der Waals surface area contributed by atoms with E-state index in [1.165, 1.54) is 0 Å². The van der Waals surface area contributed by atoms with Crippen molar-refractivity contribution in [2.75, 3.05) is 13.1 Å². The number of carbonyl (C=O) groups excluding carboxylic acids is 1. The van der Waals surface area contributed by atoms with Crippen molar-refractivity contribution < 1.29 is 19.4 Å². The normalized spacial score (nSPS) is 30.2. The van der Waals surface area contributed by atoms with E-state index in [0.29, 0.717) is 19.5 Å². The number of ether oxygens (including phenoxy) is 1. The molecule has 2 atom stereocenters. The van der Waals surface area contributed by atoms with E-state index in [9.17, 15) is 9.59 Å². The first-order chi connectivity index (χ1) is 9.58. The standard InChI is InChI=1S/C15H24N2O4/c1-14(2)8-17(9-15(3,4)21-14)13(20)16-11-6-5-10(7-11)12(18)19/h5-6,10-11H,7-9H2,1-4H3,(H,16,20)(H,18,19). The lowest BCUT2D eigenvalue weighted by Gasteiger charge is -2.47. The lowest BCUT2D eigenvalue weighted by Crippen LogP contribution is -2.61. The van der Waals surface area contributed by atoms with E-state index in [2.05, 4.69) is 5.32 Å². The molecule has 1 heterocycles. The summed E-state index contributed by atoms with van der Waals surface area (Å²) in [4.78, 5) is 25.0. The second-order valence-corrected chi connectivity index (χ2v) is 7.10. The molecular formula is C15H24N2O4. The summed E-state index contributed by atoms with van der Waals surface area (Å²) in [6, 6.07) is -0.382. The Labute approximate surface area is 125 Å². The van der Waals surface area contributed by atoms with E-state index in [-0.39, 0.29) is 12.1 Å². The minimum absolute atomic E-state index is 0.167. The van der Waals surface area contributed by atoms with Crippen molar-refractivity contribution in [2.45, 2.75) is 51.4 Å². The smallest absolute Gasteiger partial charge is 0.318 e. The molecule has 1 aliphatic heterocycles. The van der Waals surface area contributed by atoms with Gasteiger partial charge in [-0.15, -0.1) is 0 Å².